The van der Waals surface area contributed by atoms with Crippen molar-refractivity contribution < 1.29 is 22.7 Å². The largest absolute Gasteiger partial charge is 0.480 e. The molecule has 0 atom stereocenters. The average molecular weight is 378 g/mol. The molecular formula is C11H9BrFN3O4S. The van der Waals surface area contributed by atoms with Gasteiger partial charge in [-0.05, 0) is 34.1 Å². The number of halogens is 2. The SMILES string of the molecule is O=C(O)Cn1cc(S(=O)(=O)Nc2ccc(Br)c(F)c2)cn1. The molecule has 10 heteroatoms. The zero-order chi connectivity index (χ0) is 15.6. The number of hydrogen-bond acceptors (Lipinski definition) is 4. The molecule has 7 nitrogen and oxygen atoms in total. The summed E-state index contributed by atoms with van der Waals surface area (Å²) in [6, 6.07) is 3.76. The van der Waals surface area contributed by atoms with Gasteiger partial charge in [-0.25, -0.2) is 12.8 Å². The molecular weight excluding hydrogens is 369 g/mol. The van der Waals surface area contributed by atoms with Crippen molar-refractivity contribution in [3.63, 3.8) is 0 Å². The minimum Gasteiger partial charge on any atom is -0.480 e. The van der Waals surface area contributed by atoms with Crippen LogP contribution < -0.4 is 4.72 Å². The van der Waals surface area contributed by atoms with Crippen molar-refractivity contribution >= 4 is 37.6 Å². The third kappa shape index (κ3) is 3.79. The molecule has 0 spiro atoms. The van der Waals surface area contributed by atoms with Gasteiger partial charge in [0.05, 0.1) is 16.4 Å². The number of sulfonamides is 1. The van der Waals surface area contributed by atoms with Gasteiger partial charge in [-0.1, -0.05) is 0 Å². The first kappa shape index (κ1) is 15.4. The van der Waals surface area contributed by atoms with E-state index < -0.39 is 28.4 Å². The summed E-state index contributed by atoms with van der Waals surface area (Å²) in [5.74, 6) is -1.76. The Morgan fingerprint density at radius 3 is 2.81 bits per heavy atom. The number of carboxylic acid groups (broad SMARTS) is 1. The van der Waals surface area contributed by atoms with Gasteiger partial charge in [0, 0.05) is 6.20 Å². The van der Waals surface area contributed by atoms with Crippen LogP contribution in [0, 0.1) is 5.82 Å². The van der Waals surface area contributed by atoms with Crippen LogP contribution in [0.3, 0.4) is 0 Å². The smallest absolute Gasteiger partial charge is 0.325 e. The molecule has 0 bridgehead atoms. The molecule has 21 heavy (non-hydrogen) atoms. The summed E-state index contributed by atoms with van der Waals surface area (Å²) >= 11 is 2.96. The first-order chi connectivity index (χ1) is 9.78. The highest BCUT2D eigenvalue weighted by Gasteiger charge is 2.18. The molecule has 1 aromatic heterocycles. The summed E-state index contributed by atoms with van der Waals surface area (Å²) in [7, 11) is -3.97. The lowest BCUT2D eigenvalue weighted by Gasteiger charge is -2.06. The maximum atomic E-state index is 13.3. The zero-order valence-corrected chi connectivity index (χ0v) is 12.7. The molecule has 0 saturated carbocycles. The topological polar surface area (TPSA) is 101 Å². The number of aromatic nitrogens is 2. The standard InChI is InChI=1S/C11H9BrFN3O4S/c12-9-2-1-7(3-10(9)13)15-21(19,20)8-4-14-16(5-8)6-11(17)18/h1-5,15H,6H2,(H,17,18). The Morgan fingerprint density at radius 2 is 2.19 bits per heavy atom. The number of benzene rings is 1. The Kier molecular flexibility index (Phi) is 4.28. The molecule has 0 radical (unpaired) electrons. The van der Waals surface area contributed by atoms with E-state index in [-0.39, 0.29) is 15.1 Å². The minimum absolute atomic E-state index is 0.0432. The normalized spacial score (nSPS) is 11.3. The number of carbonyl (C=O) groups is 1. The van der Waals surface area contributed by atoms with Gasteiger partial charge in [0.1, 0.15) is 17.3 Å². The number of hydrogen-bond donors (Lipinski definition) is 2. The Morgan fingerprint density at radius 1 is 1.48 bits per heavy atom. The molecule has 0 fully saturated rings. The second-order valence-corrected chi connectivity index (χ2v) is 6.54. The van der Waals surface area contributed by atoms with E-state index in [0.29, 0.717) is 0 Å². The van der Waals surface area contributed by atoms with Gasteiger partial charge in [-0.15, -0.1) is 0 Å². The van der Waals surface area contributed by atoms with Crippen LogP contribution in [0.15, 0.2) is 40.0 Å². The quantitative estimate of drug-likeness (QED) is 0.824. The van der Waals surface area contributed by atoms with Crippen LogP contribution in [0.25, 0.3) is 0 Å². The molecule has 1 heterocycles. The molecule has 0 amide bonds. The number of aliphatic carboxylic acids is 1. The lowest BCUT2D eigenvalue weighted by Crippen LogP contribution is -2.13. The maximum Gasteiger partial charge on any atom is 0.325 e. The summed E-state index contributed by atoms with van der Waals surface area (Å²) in [6.07, 6.45) is 2.09. The van der Waals surface area contributed by atoms with Crippen LogP contribution in [0.1, 0.15) is 0 Å². The van der Waals surface area contributed by atoms with Crippen molar-refractivity contribution in [1.29, 1.82) is 0 Å². The number of nitrogens with zero attached hydrogens (tertiary/aromatic N) is 2. The van der Waals surface area contributed by atoms with E-state index in [1.165, 1.54) is 12.1 Å². The van der Waals surface area contributed by atoms with Gasteiger partial charge in [0.15, 0.2) is 0 Å². The van der Waals surface area contributed by atoms with E-state index in [2.05, 4.69) is 25.8 Å². The zero-order valence-electron chi connectivity index (χ0n) is 10.3. The molecule has 1 aromatic carbocycles. The molecule has 2 aromatic rings. The summed E-state index contributed by atoms with van der Waals surface area (Å²) < 4.78 is 40.8. The molecule has 0 saturated heterocycles. The van der Waals surface area contributed by atoms with E-state index in [1.807, 2.05) is 0 Å². The van der Waals surface area contributed by atoms with Crippen molar-refractivity contribution in [3.05, 3.63) is 40.9 Å². The van der Waals surface area contributed by atoms with Crippen molar-refractivity contribution in [3.8, 4) is 0 Å². The Balaban J connectivity index is 2.23. The van der Waals surface area contributed by atoms with Crippen LogP contribution in [0.4, 0.5) is 10.1 Å². The van der Waals surface area contributed by atoms with Crippen LogP contribution in [0.5, 0.6) is 0 Å². The average Bonchev–Trinajstić information content (AvgIpc) is 2.82. The van der Waals surface area contributed by atoms with Gasteiger partial charge in [-0.3, -0.25) is 14.2 Å². The van der Waals surface area contributed by atoms with Crippen molar-refractivity contribution in [2.45, 2.75) is 11.4 Å². The van der Waals surface area contributed by atoms with Gasteiger partial charge in [-0.2, -0.15) is 5.10 Å². The number of anilines is 1. The summed E-state index contributed by atoms with van der Waals surface area (Å²) in [5.41, 5.74) is 0.0432. The fourth-order valence-electron chi connectivity index (χ4n) is 1.48. The van der Waals surface area contributed by atoms with E-state index in [1.54, 1.807) is 0 Å². The molecule has 112 valence electrons. The van der Waals surface area contributed by atoms with Gasteiger partial charge < -0.3 is 5.11 Å². The number of nitrogens with one attached hydrogen (secondary N) is 1. The highest BCUT2D eigenvalue weighted by molar-refractivity contribution is 9.10. The fourth-order valence-corrected chi connectivity index (χ4v) is 2.73. The maximum absolute atomic E-state index is 13.3. The molecule has 0 aliphatic carbocycles. The van der Waals surface area contributed by atoms with Crippen molar-refractivity contribution in [2.75, 3.05) is 4.72 Å². The van der Waals surface area contributed by atoms with Gasteiger partial charge in [0.25, 0.3) is 10.0 Å². The van der Waals surface area contributed by atoms with E-state index in [9.17, 15) is 17.6 Å². The van der Waals surface area contributed by atoms with Crippen LogP contribution in [-0.4, -0.2) is 29.3 Å². The monoisotopic (exact) mass is 377 g/mol. The third-order valence-electron chi connectivity index (χ3n) is 2.39. The summed E-state index contributed by atoms with van der Waals surface area (Å²) in [5, 5.41) is 12.2. The highest BCUT2D eigenvalue weighted by Crippen LogP contribution is 2.21. The lowest BCUT2D eigenvalue weighted by molar-refractivity contribution is -0.137. The second-order valence-electron chi connectivity index (χ2n) is 4.00. The molecule has 0 aliphatic rings. The predicted octanol–water partition coefficient (Wildman–Crippen LogP) is 1.67. The Hall–Kier alpha value is -1.94. The van der Waals surface area contributed by atoms with Crippen LogP contribution in [-0.2, 0) is 21.4 Å². The number of rotatable bonds is 5. The Labute approximate surface area is 127 Å². The molecule has 2 rings (SSSR count). The minimum atomic E-state index is -3.97. The molecule has 0 aliphatic heterocycles. The predicted molar refractivity (Wildman–Crippen MR) is 74.8 cm³/mol. The highest BCUT2D eigenvalue weighted by atomic mass is 79.9. The lowest BCUT2D eigenvalue weighted by atomic mass is 10.3. The van der Waals surface area contributed by atoms with E-state index in [0.717, 1.165) is 23.1 Å². The Bertz CT molecular complexity index is 791. The van der Waals surface area contributed by atoms with E-state index in [4.69, 9.17) is 5.11 Å². The first-order valence-corrected chi connectivity index (χ1v) is 7.78. The van der Waals surface area contributed by atoms with Crippen molar-refractivity contribution in [2.24, 2.45) is 0 Å². The molecule has 2 N–H and O–H groups in total. The van der Waals surface area contributed by atoms with Crippen LogP contribution in [0.2, 0.25) is 0 Å². The first-order valence-electron chi connectivity index (χ1n) is 5.50. The summed E-state index contributed by atoms with van der Waals surface area (Å²) in [4.78, 5) is 10.3. The molecule has 0 unspecified atom stereocenters. The number of carboxylic acids is 1. The van der Waals surface area contributed by atoms with E-state index >= 15 is 0 Å². The second kappa shape index (κ2) is 5.82. The van der Waals surface area contributed by atoms with Gasteiger partial charge >= 0.3 is 5.97 Å². The van der Waals surface area contributed by atoms with Crippen LogP contribution >= 0.6 is 15.9 Å². The summed E-state index contributed by atoms with van der Waals surface area (Å²) in [6.45, 7) is -0.456. The van der Waals surface area contributed by atoms with Gasteiger partial charge in [0.2, 0.25) is 0 Å². The third-order valence-corrected chi connectivity index (χ3v) is 4.37. The van der Waals surface area contributed by atoms with Crippen molar-refractivity contribution in [1.82, 2.24) is 9.78 Å². The fraction of sp³-hybridized carbons (Fsp3) is 0.0909.